The van der Waals surface area contributed by atoms with E-state index in [9.17, 15) is 0 Å². The Hall–Kier alpha value is -2.05. The van der Waals surface area contributed by atoms with Crippen LogP contribution in [-0.2, 0) is 0 Å². The molecular formula is C13H15ClN4O2. The van der Waals surface area contributed by atoms with Crippen molar-refractivity contribution in [2.45, 2.75) is 13.0 Å². The fourth-order valence-electron chi connectivity index (χ4n) is 1.47. The Morgan fingerprint density at radius 3 is 2.75 bits per heavy atom. The average molecular weight is 295 g/mol. The predicted molar refractivity (Wildman–Crippen MR) is 78.1 cm³/mol. The van der Waals surface area contributed by atoms with Crippen LogP contribution in [0.2, 0.25) is 5.02 Å². The number of rotatable bonds is 5. The van der Waals surface area contributed by atoms with E-state index in [1.54, 1.807) is 24.3 Å². The molecule has 2 aromatic rings. The Bertz CT molecular complexity index is 577. The number of nitrogens with one attached hydrogen (secondary N) is 1. The second-order valence-electron chi connectivity index (χ2n) is 4.23. The Kier molecular flexibility index (Phi) is 4.60. The SMILES string of the molecule is CC(CO)Nc1nc(N)ncc1Oc1ccc(Cl)cc1. The maximum Gasteiger partial charge on any atom is 0.222 e. The van der Waals surface area contributed by atoms with Gasteiger partial charge in [-0.05, 0) is 31.2 Å². The number of hydrogen-bond donors (Lipinski definition) is 3. The molecule has 0 spiro atoms. The van der Waals surface area contributed by atoms with E-state index in [0.29, 0.717) is 22.3 Å². The molecule has 0 saturated carbocycles. The van der Waals surface area contributed by atoms with E-state index in [-0.39, 0.29) is 18.6 Å². The van der Waals surface area contributed by atoms with Crippen molar-refractivity contribution in [1.82, 2.24) is 9.97 Å². The second kappa shape index (κ2) is 6.40. The number of aromatic nitrogens is 2. The van der Waals surface area contributed by atoms with Crippen LogP contribution in [0.1, 0.15) is 6.92 Å². The van der Waals surface area contributed by atoms with Gasteiger partial charge in [0.1, 0.15) is 5.75 Å². The van der Waals surface area contributed by atoms with Gasteiger partial charge in [0, 0.05) is 11.1 Å². The van der Waals surface area contributed by atoms with Crippen LogP contribution in [0.15, 0.2) is 30.5 Å². The Morgan fingerprint density at radius 2 is 2.10 bits per heavy atom. The first-order valence-electron chi connectivity index (χ1n) is 6.02. The van der Waals surface area contributed by atoms with Gasteiger partial charge in [-0.1, -0.05) is 11.6 Å². The third-order valence-corrected chi connectivity index (χ3v) is 2.72. The molecule has 0 bridgehead atoms. The number of nitrogens with zero attached hydrogens (tertiary/aromatic N) is 2. The average Bonchev–Trinajstić information content (AvgIpc) is 2.44. The molecule has 1 aromatic carbocycles. The van der Waals surface area contributed by atoms with Crippen LogP contribution in [0, 0.1) is 0 Å². The van der Waals surface area contributed by atoms with Crippen LogP contribution in [0.5, 0.6) is 11.5 Å². The summed E-state index contributed by atoms with van der Waals surface area (Å²) in [5.41, 5.74) is 5.56. The van der Waals surface area contributed by atoms with Crippen LogP contribution >= 0.6 is 11.6 Å². The van der Waals surface area contributed by atoms with Crippen molar-refractivity contribution >= 4 is 23.4 Å². The molecule has 4 N–H and O–H groups in total. The van der Waals surface area contributed by atoms with Crippen molar-refractivity contribution in [2.75, 3.05) is 17.7 Å². The third-order valence-electron chi connectivity index (χ3n) is 2.47. The van der Waals surface area contributed by atoms with E-state index < -0.39 is 0 Å². The van der Waals surface area contributed by atoms with E-state index in [4.69, 9.17) is 27.2 Å². The molecule has 20 heavy (non-hydrogen) atoms. The van der Waals surface area contributed by atoms with Gasteiger partial charge in [-0.3, -0.25) is 0 Å². The van der Waals surface area contributed by atoms with Crippen LogP contribution in [0.25, 0.3) is 0 Å². The van der Waals surface area contributed by atoms with Crippen LogP contribution in [-0.4, -0.2) is 27.7 Å². The van der Waals surface area contributed by atoms with Gasteiger partial charge in [-0.2, -0.15) is 4.98 Å². The van der Waals surface area contributed by atoms with E-state index in [1.807, 2.05) is 6.92 Å². The minimum Gasteiger partial charge on any atom is -0.452 e. The van der Waals surface area contributed by atoms with Gasteiger partial charge in [0.15, 0.2) is 11.6 Å². The number of nitrogens with two attached hydrogens (primary N) is 1. The molecule has 0 amide bonds. The number of benzene rings is 1. The number of ether oxygens (including phenoxy) is 1. The summed E-state index contributed by atoms with van der Waals surface area (Å²) in [7, 11) is 0. The molecule has 0 fully saturated rings. The number of halogens is 1. The lowest BCUT2D eigenvalue weighted by molar-refractivity contribution is 0.281. The van der Waals surface area contributed by atoms with Crippen LogP contribution in [0.3, 0.4) is 0 Å². The first-order valence-corrected chi connectivity index (χ1v) is 6.39. The lowest BCUT2D eigenvalue weighted by atomic mass is 10.3. The van der Waals surface area contributed by atoms with E-state index in [1.165, 1.54) is 6.20 Å². The van der Waals surface area contributed by atoms with Gasteiger partial charge in [0.25, 0.3) is 0 Å². The summed E-state index contributed by atoms with van der Waals surface area (Å²) in [4.78, 5) is 7.97. The van der Waals surface area contributed by atoms with E-state index in [0.717, 1.165) is 0 Å². The van der Waals surface area contributed by atoms with Gasteiger partial charge >= 0.3 is 0 Å². The first-order chi connectivity index (χ1) is 9.58. The molecule has 0 aliphatic carbocycles. The molecule has 1 atom stereocenters. The topological polar surface area (TPSA) is 93.3 Å². The van der Waals surface area contributed by atoms with Gasteiger partial charge in [-0.25, -0.2) is 4.98 Å². The normalized spacial score (nSPS) is 11.9. The van der Waals surface area contributed by atoms with Crippen molar-refractivity contribution < 1.29 is 9.84 Å². The summed E-state index contributed by atoms with van der Waals surface area (Å²) in [6.07, 6.45) is 1.48. The monoisotopic (exact) mass is 294 g/mol. The third kappa shape index (κ3) is 3.72. The maximum atomic E-state index is 9.08. The zero-order chi connectivity index (χ0) is 14.5. The Balaban J connectivity index is 2.23. The summed E-state index contributed by atoms with van der Waals surface area (Å²) in [6.45, 7) is 1.77. The smallest absolute Gasteiger partial charge is 0.222 e. The summed E-state index contributed by atoms with van der Waals surface area (Å²) >= 11 is 5.82. The maximum absolute atomic E-state index is 9.08. The van der Waals surface area contributed by atoms with E-state index in [2.05, 4.69) is 15.3 Å². The van der Waals surface area contributed by atoms with Gasteiger partial charge in [0.2, 0.25) is 5.95 Å². The van der Waals surface area contributed by atoms with Gasteiger partial charge in [0.05, 0.1) is 12.8 Å². The predicted octanol–water partition coefficient (Wildman–Crippen LogP) is 2.30. The van der Waals surface area contributed by atoms with Gasteiger partial charge < -0.3 is 20.9 Å². The Labute approximate surface area is 121 Å². The molecule has 0 radical (unpaired) electrons. The number of hydrogen-bond acceptors (Lipinski definition) is 6. The molecule has 2 rings (SSSR count). The molecule has 1 aromatic heterocycles. The molecule has 1 heterocycles. The van der Waals surface area contributed by atoms with Crippen LogP contribution < -0.4 is 15.8 Å². The summed E-state index contributed by atoms with van der Waals surface area (Å²) in [5.74, 6) is 1.57. The largest absolute Gasteiger partial charge is 0.452 e. The quantitative estimate of drug-likeness (QED) is 0.783. The number of anilines is 2. The number of aliphatic hydroxyl groups is 1. The highest BCUT2D eigenvalue weighted by molar-refractivity contribution is 6.30. The molecule has 7 heteroatoms. The molecule has 0 aliphatic rings. The molecule has 0 saturated heterocycles. The van der Waals surface area contributed by atoms with Crippen LogP contribution in [0.4, 0.5) is 11.8 Å². The Morgan fingerprint density at radius 1 is 1.40 bits per heavy atom. The van der Waals surface area contributed by atoms with Crippen molar-refractivity contribution in [2.24, 2.45) is 0 Å². The second-order valence-corrected chi connectivity index (χ2v) is 4.66. The van der Waals surface area contributed by atoms with Crippen molar-refractivity contribution in [3.63, 3.8) is 0 Å². The molecule has 106 valence electrons. The zero-order valence-electron chi connectivity index (χ0n) is 10.9. The highest BCUT2D eigenvalue weighted by atomic mass is 35.5. The fraction of sp³-hybridized carbons (Fsp3) is 0.231. The number of aliphatic hydroxyl groups excluding tert-OH is 1. The molecule has 1 unspecified atom stereocenters. The first kappa shape index (κ1) is 14.4. The minimum atomic E-state index is -0.183. The summed E-state index contributed by atoms with van der Waals surface area (Å²) in [6, 6.07) is 6.73. The molecule has 6 nitrogen and oxygen atoms in total. The highest BCUT2D eigenvalue weighted by Gasteiger charge is 2.11. The molecule has 0 aliphatic heterocycles. The van der Waals surface area contributed by atoms with Crippen molar-refractivity contribution in [1.29, 1.82) is 0 Å². The van der Waals surface area contributed by atoms with Crippen molar-refractivity contribution in [3.8, 4) is 11.5 Å². The number of nitrogen functional groups attached to an aromatic ring is 1. The lowest BCUT2D eigenvalue weighted by Crippen LogP contribution is -2.20. The van der Waals surface area contributed by atoms with Gasteiger partial charge in [-0.15, -0.1) is 0 Å². The van der Waals surface area contributed by atoms with E-state index >= 15 is 0 Å². The lowest BCUT2D eigenvalue weighted by Gasteiger charge is -2.15. The highest BCUT2D eigenvalue weighted by Crippen LogP contribution is 2.28. The van der Waals surface area contributed by atoms with Crippen molar-refractivity contribution in [3.05, 3.63) is 35.5 Å². The molecular weight excluding hydrogens is 280 g/mol. The minimum absolute atomic E-state index is 0.0374. The zero-order valence-corrected chi connectivity index (χ0v) is 11.6. The standard InChI is InChI=1S/C13H15ClN4O2/c1-8(7-19)17-12-11(6-16-13(15)18-12)20-10-4-2-9(14)3-5-10/h2-6,8,19H,7H2,1H3,(H3,15,16,17,18). The fourth-order valence-corrected chi connectivity index (χ4v) is 1.60. The summed E-state index contributed by atoms with van der Waals surface area (Å²) < 4.78 is 5.68. The summed E-state index contributed by atoms with van der Waals surface area (Å²) in [5, 5.41) is 12.7.